The molecule has 26 heavy (non-hydrogen) atoms. The molecule has 3 rings (SSSR count). The van der Waals surface area contributed by atoms with Gasteiger partial charge in [0.15, 0.2) is 4.24 Å². The van der Waals surface area contributed by atoms with Gasteiger partial charge in [0, 0.05) is 0 Å². The standard InChI is InChI=1S/C20H16O4S2/c21-25(22,18-12-6-2-7-13-18)20(16-17-10-4-1-5-11-17)26(23,24)19-14-8-3-9-15-19/h1-16H. The Bertz CT molecular complexity index is 1050. The minimum absolute atomic E-state index is 0.0679. The Labute approximate surface area is 153 Å². The summed E-state index contributed by atoms with van der Waals surface area (Å²) in [5, 5.41) is 0. The lowest BCUT2D eigenvalue weighted by atomic mass is 10.2. The van der Waals surface area contributed by atoms with Crippen molar-refractivity contribution in [2.24, 2.45) is 0 Å². The Kier molecular flexibility index (Phi) is 5.06. The van der Waals surface area contributed by atoms with Crippen molar-refractivity contribution in [1.82, 2.24) is 0 Å². The zero-order valence-electron chi connectivity index (χ0n) is 13.7. The van der Waals surface area contributed by atoms with Gasteiger partial charge in [-0.15, -0.1) is 0 Å². The molecular weight excluding hydrogens is 368 g/mol. The van der Waals surface area contributed by atoms with Crippen LogP contribution in [0.5, 0.6) is 0 Å². The molecule has 0 aliphatic heterocycles. The Balaban J connectivity index is 2.27. The molecule has 0 amide bonds. The van der Waals surface area contributed by atoms with Crippen molar-refractivity contribution >= 4 is 25.8 Å². The summed E-state index contributed by atoms with van der Waals surface area (Å²) in [5.74, 6) is 0. The van der Waals surface area contributed by atoms with Gasteiger partial charge in [-0.2, -0.15) is 0 Å². The van der Waals surface area contributed by atoms with E-state index in [1.165, 1.54) is 30.3 Å². The molecule has 4 nitrogen and oxygen atoms in total. The second kappa shape index (κ2) is 7.27. The maximum absolute atomic E-state index is 13.1. The van der Waals surface area contributed by atoms with Crippen molar-refractivity contribution in [1.29, 1.82) is 0 Å². The molecule has 0 N–H and O–H groups in total. The third kappa shape index (κ3) is 3.61. The third-order valence-electron chi connectivity index (χ3n) is 3.72. The highest BCUT2D eigenvalue weighted by atomic mass is 32.3. The first kappa shape index (κ1) is 18.1. The minimum atomic E-state index is -4.23. The fraction of sp³-hybridized carbons (Fsp3) is 0. The number of hydrogen-bond donors (Lipinski definition) is 0. The Morgan fingerprint density at radius 3 is 1.27 bits per heavy atom. The Hall–Kier alpha value is -2.70. The van der Waals surface area contributed by atoms with Crippen LogP contribution in [-0.2, 0) is 19.7 Å². The van der Waals surface area contributed by atoms with Crippen molar-refractivity contribution in [2.45, 2.75) is 9.79 Å². The second-order valence-electron chi connectivity index (χ2n) is 5.51. The first-order valence-electron chi connectivity index (χ1n) is 7.79. The SMILES string of the molecule is O=S(=O)(C(=Cc1ccccc1)S(=O)(=O)c1ccccc1)c1ccccc1. The van der Waals surface area contributed by atoms with Crippen LogP contribution >= 0.6 is 0 Å². The average Bonchev–Trinajstić information content (AvgIpc) is 2.68. The monoisotopic (exact) mass is 384 g/mol. The summed E-state index contributed by atoms with van der Waals surface area (Å²) in [5.41, 5.74) is 0.488. The van der Waals surface area contributed by atoms with Gasteiger partial charge in [0.25, 0.3) is 0 Å². The molecule has 6 heteroatoms. The highest BCUT2D eigenvalue weighted by Crippen LogP contribution is 2.30. The van der Waals surface area contributed by atoms with Gasteiger partial charge in [-0.25, -0.2) is 16.8 Å². The van der Waals surface area contributed by atoms with Gasteiger partial charge in [-0.05, 0) is 35.9 Å². The van der Waals surface area contributed by atoms with Crippen molar-refractivity contribution in [2.75, 3.05) is 0 Å². The molecular formula is C20H16O4S2. The fourth-order valence-corrected chi connectivity index (χ4v) is 6.23. The normalized spacial score (nSPS) is 11.7. The highest BCUT2D eigenvalue weighted by Gasteiger charge is 2.33. The summed E-state index contributed by atoms with van der Waals surface area (Å²) in [7, 11) is -8.46. The quantitative estimate of drug-likeness (QED) is 0.668. The summed E-state index contributed by atoms with van der Waals surface area (Å²) < 4.78 is 51.8. The van der Waals surface area contributed by atoms with E-state index in [4.69, 9.17) is 0 Å². The maximum atomic E-state index is 13.1. The van der Waals surface area contributed by atoms with Crippen LogP contribution in [0.25, 0.3) is 6.08 Å². The summed E-state index contributed by atoms with van der Waals surface area (Å²) in [6.07, 6.45) is 1.20. The summed E-state index contributed by atoms with van der Waals surface area (Å²) >= 11 is 0. The molecule has 0 bridgehead atoms. The summed E-state index contributed by atoms with van der Waals surface area (Å²) in [6.45, 7) is 0. The number of rotatable bonds is 5. The van der Waals surface area contributed by atoms with E-state index in [0.29, 0.717) is 5.56 Å². The molecule has 0 aliphatic carbocycles. The molecule has 0 atom stereocenters. The van der Waals surface area contributed by atoms with Gasteiger partial charge in [-0.3, -0.25) is 0 Å². The number of hydrogen-bond acceptors (Lipinski definition) is 4. The second-order valence-corrected chi connectivity index (χ2v) is 9.60. The van der Waals surface area contributed by atoms with E-state index in [2.05, 4.69) is 0 Å². The number of sulfone groups is 2. The van der Waals surface area contributed by atoms with Gasteiger partial charge >= 0.3 is 0 Å². The molecule has 132 valence electrons. The van der Waals surface area contributed by atoms with Gasteiger partial charge in [0.1, 0.15) is 0 Å². The first-order valence-corrected chi connectivity index (χ1v) is 10.8. The zero-order chi connectivity index (χ0) is 18.6. The van der Waals surface area contributed by atoms with Crippen molar-refractivity contribution in [3.63, 3.8) is 0 Å². The molecule has 0 radical (unpaired) electrons. The van der Waals surface area contributed by atoms with Gasteiger partial charge in [-0.1, -0.05) is 66.7 Å². The largest absolute Gasteiger partial charge is 0.218 e. The predicted octanol–water partition coefficient (Wildman–Crippen LogP) is 3.93. The Morgan fingerprint density at radius 1 is 0.538 bits per heavy atom. The highest BCUT2D eigenvalue weighted by molar-refractivity contribution is 8.14. The van der Waals surface area contributed by atoms with Crippen LogP contribution in [0.4, 0.5) is 0 Å². The minimum Gasteiger partial charge on any atom is -0.218 e. The third-order valence-corrected chi connectivity index (χ3v) is 8.12. The van der Waals surface area contributed by atoms with Gasteiger partial charge in [0.05, 0.1) is 9.79 Å². The lowest BCUT2D eigenvalue weighted by molar-refractivity contribution is 0.595. The zero-order valence-corrected chi connectivity index (χ0v) is 15.3. The fourth-order valence-electron chi connectivity index (χ4n) is 2.42. The molecule has 0 spiro atoms. The molecule has 0 fully saturated rings. The molecule has 3 aromatic rings. The van der Waals surface area contributed by atoms with Crippen LogP contribution in [0, 0.1) is 0 Å². The first-order chi connectivity index (χ1) is 12.4. The van der Waals surface area contributed by atoms with Crippen molar-refractivity contribution in [3.05, 3.63) is 101 Å². The molecule has 0 saturated heterocycles. The molecule has 0 aromatic heterocycles. The van der Waals surface area contributed by atoms with Crippen molar-refractivity contribution < 1.29 is 16.8 Å². The van der Waals surface area contributed by atoms with E-state index < -0.39 is 23.9 Å². The molecule has 3 aromatic carbocycles. The summed E-state index contributed by atoms with van der Waals surface area (Å²) in [4.78, 5) is -0.136. The van der Waals surface area contributed by atoms with Crippen LogP contribution in [0.1, 0.15) is 5.56 Å². The van der Waals surface area contributed by atoms with Crippen LogP contribution in [0.3, 0.4) is 0 Å². The van der Waals surface area contributed by atoms with E-state index in [-0.39, 0.29) is 9.79 Å². The van der Waals surface area contributed by atoms with Crippen LogP contribution in [-0.4, -0.2) is 16.8 Å². The van der Waals surface area contributed by atoms with Crippen LogP contribution in [0.2, 0.25) is 0 Å². The lowest BCUT2D eigenvalue weighted by Gasteiger charge is -2.11. The van der Waals surface area contributed by atoms with Gasteiger partial charge in [0.2, 0.25) is 19.7 Å². The van der Waals surface area contributed by atoms with Crippen LogP contribution < -0.4 is 0 Å². The molecule has 0 saturated carbocycles. The predicted molar refractivity (Wildman–Crippen MR) is 102 cm³/mol. The summed E-state index contributed by atoms with van der Waals surface area (Å²) in [6, 6.07) is 23.6. The van der Waals surface area contributed by atoms with Gasteiger partial charge < -0.3 is 0 Å². The molecule has 0 aliphatic rings. The lowest BCUT2D eigenvalue weighted by Crippen LogP contribution is -2.15. The van der Waals surface area contributed by atoms with Crippen molar-refractivity contribution in [3.8, 4) is 0 Å². The Morgan fingerprint density at radius 2 is 0.885 bits per heavy atom. The maximum Gasteiger partial charge on any atom is 0.217 e. The van der Waals surface area contributed by atoms with Crippen LogP contribution in [0.15, 0.2) is 105 Å². The molecule has 0 unspecified atom stereocenters. The molecule has 0 heterocycles. The smallest absolute Gasteiger partial charge is 0.217 e. The van der Waals surface area contributed by atoms with E-state index >= 15 is 0 Å². The average molecular weight is 384 g/mol. The topological polar surface area (TPSA) is 68.3 Å². The van der Waals surface area contributed by atoms with E-state index in [0.717, 1.165) is 0 Å². The van der Waals surface area contributed by atoms with E-state index in [9.17, 15) is 16.8 Å². The van der Waals surface area contributed by atoms with E-state index in [1.807, 2.05) is 0 Å². The number of benzene rings is 3. The van der Waals surface area contributed by atoms with E-state index in [1.54, 1.807) is 66.7 Å².